The van der Waals surface area contributed by atoms with Crippen LogP contribution in [0.3, 0.4) is 0 Å². The van der Waals surface area contributed by atoms with Crippen LogP contribution in [0.1, 0.15) is 92.6 Å². The molecule has 0 aromatic heterocycles. The number of esters is 1. The SMILES string of the molecule is CC(C)[C@@H](C)[C@@]1(C)CC[C@]2(C)[C@H]3CC[C@@H]4[C@@]5(COC[C@@]4(C)[C@@H](O[C@@H]4OC(CO)[C@H](O)[C@H](O)C4O)[C@H](O)C5)C3=CC[C@@]2(C)[C@@H]1C(=O)OCc1ccccc1. The molecule has 10 heteroatoms. The van der Waals surface area contributed by atoms with Crippen LogP contribution in [0, 0.1) is 56.7 Å². The highest BCUT2D eigenvalue weighted by molar-refractivity contribution is 5.75. The maximum atomic E-state index is 14.7. The number of ether oxygens (including phenoxy) is 4. The molecule has 2 unspecified atom stereocenters. The van der Waals surface area contributed by atoms with E-state index in [-0.39, 0.29) is 46.6 Å². The summed E-state index contributed by atoms with van der Waals surface area (Å²) in [6.07, 6.45) is -1.47. The number of hydrogen-bond donors (Lipinski definition) is 5. The maximum absolute atomic E-state index is 14.7. The van der Waals surface area contributed by atoms with Crippen LogP contribution < -0.4 is 0 Å². The number of allylic oxidation sites excluding steroid dienone is 1. The number of rotatable bonds is 8. The van der Waals surface area contributed by atoms with Gasteiger partial charge in [-0.15, -0.1) is 0 Å². The molecule has 2 heterocycles. The minimum Gasteiger partial charge on any atom is -0.461 e. The first-order chi connectivity index (χ1) is 25.0. The third-order valence-electron chi connectivity index (χ3n) is 16.4. The van der Waals surface area contributed by atoms with E-state index in [1.807, 2.05) is 30.3 Å². The first-order valence-electron chi connectivity index (χ1n) is 20.1. The van der Waals surface area contributed by atoms with E-state index in [2.05, 4.69) is 54.5 Å². The molecule has 3 saturated carbocycles. The Labute approximate surface area is 315 Å². The molecular formula is C43H64O10. The molecule has 0 amide bonds. The lowest BCUT2D eigenvalue weighted by Gasteiger charge is -2.71. The van der Waals surface area contributed by atoms with Crippen LogP contribution >= 0.6 is 0 Å². The smallest absolute Gasteiger partial charge is 0.310 e. The van der Waals surface area contributed by atoms with E-state index in [0.717, 1.165) is 37.7 Å². The average Bonchev–Trinajstić information content (AvgIpc) is 3.12. The number of benzene rings is 1. The van der Waals surface area contributed by atoms with Crippen molar-refractivity contribution in [1.82, 2.24) is 0 Å². The molecule has 2 bridgehead atoms. The Hall–Kier alpha value is -1.89. The van der Waals surface area contributed by atoms with E-state index in [1.165, 1.54) is 5.57 Å². The largest absolute Gasteiger partial charge is 0.461 e. The van der Waals surface area contributed by atoms with Crippen molar-refractivity contribution in [3.63, 3.8) is 0 Å². The summed E-state index contributed by atoms with van der Waals surface area (Å²) >= 11 is 0. The first kappa shape index (κ1) is 39.3. The number of fused-ring (bicyclic) bond motifs is 3. The maximum Gasteiger partial charge on any atom is 0.310 e. The minimum absolute atomic E-state index is 0.101. The lowest BCUT2D eigenvalue weighted by atomic mass is 9.34. The number of aliphatic hydroxyl groups is 5. The number of hydrogen-bond acceptors (Lipinski definition) is 10. The summed E-state index contributed by atoms with van der Waals surface area (Å²) in [6, 6.07) is 9.92. The van der Waals surface area contributed by atoms with Gasteiger partial charge in [0, 0.05) is 10.8 Å². The molecule has 0 radical (unpaired) electrons. The third kappa shape index (κ3) is 5.82. The Balaban J connectivity index is 1.22. The predicted octanol–water partition coefficient (Wildman–Crippen LogP) is 4.78. The predicted molar refractivity (Wildman–Crippen MR) is 197 cm³/mol. The fraction of sp³-hybridized carbons (Fsp3) is 0.791. The second-order valence-corrected chi connectivity index (χ2v) is 19.1. The Morgan fingerprint density at radius 2 is 1.64 bits per heavy atom. The fourth-order valence-electron chi connectivity index (χ4n) is 13.0. The van der Waals surface area contributed by atoms with Crippen molar-refractivity contribution >= 4 is 5.97 Å². The van der Waals surface area contributed by atoms with Gasteiger partial charge in [0.05, 0.1) is 37.9 Å². The van der Waals surface area contributed by atoms with E-state index < -0.39 is 60.4 Å². The Morgan fingerprint density at radius 1 is 0.925 bits per heavy atom. The standard InChI is InChI=1S/C43H64O10/c1-24(2)25(3)39(4)17-18-41(6)27-13-14-31-40(5)22-50-23-43(31,19-29(45)36(40)53-38-34(48)33(47)32(46)30(20-44)52-38)28(27)15-16-42(41,7)35(39)37(49)51-21-26-11-9-8-10-12-26/h8-12,15,24-25,27,29-36,38,44-48H,13-14,16-23H2,1-7H3/t25-,27+,29-,30?,31+,32+,33+,34?,35-,36+,38+,39-,40-,41-,42+,43+/m1/s1. The zero-order chi connectivity index (χ0) is 38.3. The Morgan fingerprint density at radius 3 is 2.32 bits per heavy atom. The van der Waals surface area contributed by atoms with Gasteiger partial charge in [-0.1, -0.05) is 90.4 Å². The molecule has 10 nitrogen and oxygen atoms in total. The average molecular weight is 741 g/mol. The van der Waals surface area contributed by atoms with Crippen molar-refractivity contribution in [1.29, 1.82) is 0 Å². The molecule has 1 aromatic carbocycles. The van der Waals surface area contributed by atoms with Gasteiger partial charge in [-0.25, -0.2) is 0 Å². The van der Waals surface area contributed by atoms with Crippen LogP contribution in [0.2, 0.25) is 0 Å². The number of carbonyl (C=O) groups excluding carboxylic acids is 1. The molecule has 5 N–H and O–H groups in total. The monoisotopic (exact) mass is 740 g/mol. The summed E-state index contributed by atoms with van der Waals surface area (Å²) in [5, 5.41) is 53.5. The van der Waals surface area contributed by atoms with Gasteiger partial charge >= 0.3 is 5.97 Å². The first-order valence-corrected chi connectivity index (χ1v) is 20.1. The van der Waals surface area contributed by atoms with Crippen LogP contribution in [0.5, 0.6) is 0 Å². The quantitative estimate of drug-likeness (QED) is 0.143. The van der Waals surface area contributed by atoms with Crippen molar-refractivity contribution in [2.75, 3.05) is 19.8 Å². The van der Waals surface area contributed by atoms with Crippen LogP contribution in [-0.2, 0) is 30.3 Å². The molecule has 2 aliphatic heterocycles. The summed E-state index contributed by atoms with van der Waals surface area (Å²) in [6.45, 7) is 16.6. The summed E-state index contributed by atoms with van der Waals surface area (Å²) in [7, 11) is 0. The zero-order valence-corrected chi connectivity index (χ0v) is 32.7. The van der Waals surface area contributed by atoms with Gasteiger partial charge in [0.25, 0.3) is 0 Å². The highest BCUT2D eigenvalue weighted by Gasteiger charge is 2.72. The van der Waals surface area contributed by atoms with E-state index in [1.54, 1.807) is 0 Å². The molecule has 2 saturated heterocycles. The van der Waals surface area contributed by atoms with E-state index in [4.69, 9.17) is 18.9 Å². The summed E-state index contributed by atoms with van der Waals surface area (Å²) < 4.78 is 24.9. The topological polar surface area (TPSA) is 155 Å². The van der Waals surface area contributed by atoms with E-state index >= 15 is 0 Å². The normalized spacial score (nSPS) is 48.5. The summed E-state index contributed by atoms with van der Waals surface area (Å²) in [5.74, 6) is 0.612. The molecule has 53 heavy (non-hydrogen) atoms. The Kier molecular flexibility index (Phi) is 10.3. The van der Waals surface area contributed by atoms with Gasteiger partial charge in [0.1, 0.15) is 31.0 Å². The van der Waals surface area contributed by atoms with Crippen LogP contribution in [0.25, 0.3) is 0 Å². The van der Waals surface area contributed by atoms with Gasteiger partial charge in [-0.05, 0) is 84.0 Å². The van der Waals surface area contributed by atoms with Crippen molar-refractivity contribution in [3.8, 4) is 0 Å². The molecule has 296 valence electrons. The molecule has 4 aliphatic carbocycles. The number of aliphatic hydroxyl groups excluding tert-OH is 5. The fourth-order valence-corrected chi connectivity index (χ4v) is 13.0. The van der Waals surface area contributed by atoms with Gasteiger partial charge in [-0.2, -0.15) is 0 Å². The van der Waals surface area contributed by atoms with E-state index in [0.29, 0.717) is 31.5 Å². The number of carbonyl (C=O) groups is 1. The molecule has 7 rings (SSSR count). The molecule has 0 spiro atoms. The highest BCUT2D eigenvalue weighted by Crippen LogP contribution is 2.75. The lowest BCUT2D eigenvalue weighted by molar-refractivity contribution is -0.349. The third-order valence-corrected chi connectivity index (χ3v) is 16.4. The molecule has 6 aliphatic rings. The van der Waals surface area contributed by atoms with Crippen molar-refractivity contribution in [2.24, 2.45) is 56.7 Å². The molecule has 5 fully saturated rings. The van der Waals surface area contributed by atoms with Gasteiger partial charge in [0.2, 0.25) is 0 Å². The zero-order valence-electron chi connectivity index (χ0n) is 32.7. The second kappa shape index (κ2) is 13.9. The summed E-state index contributed by atoms with van der Waals surface area (Å²) in [4.78, 5) is 14.7. The van der Waals surface area contributed by atoms with Gasteiger partial charge in [0.15, 0.2) is 6.29 Å². The van der Waals surface area contributed by atoms with Crippen LogP contribution in [0.15, 0.2) is 42.0 Å². The second-order valence-electron chi connectivity index (χ2n) is 19.1. The summed E-state index contributed by atoms with van der Waals surface area (Å²) in [5.41, 5.74) is 0.438. The molecule has 1 aromatic rings. The Bertz CT molecular complexity index is 1530. The van der Waals surface area contributed by atoms with E-state index in [9.17, 15) is 30.3 Å². The van der Waals surface area contributed by atoms with Crippen LogP contribution in [0.4, 0.5) is 0 Å². The minimum atomic E-state index is -1.57. The molecule has 16 atom stereocenters. The van der Waals surface area contributed by atoms with Crippen molar-refractivity contribution < 1.29 is 49.3 Å². The molecular weight excluding hydrogens is 676 g/mol. The van der Waals surface area contributed by atoms with Crippen molar-refractivity contribution in [2.45, 2.75) is 137 Å². The van der Waals surface area contributed by atoms with Crippen LogP contribution in [-0.4, -0.2) is 94.2 Å². The highest BCUT2D eigenvalue weighted by atomic mass is 16.7. The lowest BCUT2D eigenvalue weighted by Crippen LogP contribution is -2.71. The van der Waals surface area contributed by atoms with Crippen molar-refractivity contribution in [3.05, 3.63) is 47.5 Å². The van der Waals surface area contributed by atoms with Gasteiger partial charge < -0.3 is 44.5 Å². The van der Waals surface area contributed by atoms with Gasteiger partial charge in [-0.3, -0.25) is 4.79 Å².